The van der Waals surface area contributed by atoms with Crippen LogP contribution in [0.25, 0.3) is 28.6 Å². The first kappa shape index (κ1) is 17.4. The van der Waals surface area contributed by atoms with E-state index >= 15 is 0 Å². The van der Waals surface area contributed by atoms with Crippen LogP contribution in [0.1, 0.15) is 0 Å². The minimum Gasteiger partial charge on any atom is -0.461 e. The fraction of sp³-hybridized carbons (Fsp3) is 0.0500. The molecule has 9 heteroatoms. The maximum Gasteiger partial charge on any atom is 0.253 e. The summed E-state index contributed by atoms with van der Waals surface area (Å²) in [6.45, 7) is 4.39. The lowest BCUT2D eigenvalue weighted by molar-refractivity contribution is 0.569. The molecule has 0 aliphatic carbocycles. The van der Waals surface area contributed by atoms with Crippen molar-refractivity contribution in [1.82, 2.24) is 34.3 Å². The van der Waals surface area contributed by atoms with Crippen LogP contribution in [0.5, 0.6) is 0 Å². The van der Waals surface area contributed by atoms with E-state index in [-0.39, 0.29) is 0 Å². The number of hydrogen-bond donors (Lipinski definition) is 0. The highest BCUT2D eigenvalue weighted by Crippen LogP contribution is 2.32. The Kier molecular flexibility index (Phi) is 4.41. The van der Waals surface area contributed by atoms with Crippen molar-refractivity contribution in [2.45, 2.75) is 16.7 Å². The Morgan fingerprint density at radius 1 is 1.10 bits per heavy atom. The first-order valence-electron chi connectivity index (χ1n) is 8.85. The Morgan fingerprint density at radius 3 is 2.79 bits per heavy atom. The lowest BCUT2D eigenvalue weighted by Crippen LogP contribution is -2.02. The fourth-order valence-corrected chi connectivity index (χ4v) is 3.88. The minimum absolute atomic E-state index is 0.523. The van der Waals surface area contributed by atoms with Crippen molar-refractivity contribution in [3.8, 4) is 22.8 Å². The first-order chi connectivity index (χ1) is 14.3. The zero-order valence-corrected chi connectivity index (χ0v) is 16.0. The molecule has 0 radical (unpaired) electrons. The molecule has 0 bridgehead atoms. The zero-order valence-electron chi connectivity index (χ0n) is 15.2. The van der Waals surface area contributed by atoms with Crippen molar-refractivity contribution in [3.05, 3.63) is 73.8 Å². The van der Waals surface area contributed by atoms with E-state index in [2.05, 4.69) is 31.8 Å². The van der Waals surface area contributed by atoms with Crippen LogP contribution in [-0.4, -0.2) is 34.3 Å². The van der Waals surface area contributed by atoms with Crippen LogP contribution >= 0.6 is 11.8 Å². The number of hydrogen-bond acceptors (Lipinski definition) is 7. The quantitative estimate of drug-likeness (QED) is 0.314. The molecule has 0 atom stereocenters. The second kappa shape index (κ2) is 7.36. The van der Waals surface area contributed by atoms with E-state index in [0.717, 1.165) is 16.3 Å². The summed E-state index contributed by atoms with van der Waals surface area (Å²) in [6.07, 6.45) is 4.90. The van der Waals surface area contributed by atoms with Crippen molar-refractivity contribution >= 4 is 17.5 Å². The smallest absolute Gasteiger partial charge is 0.253 e. The van der Waals surface area contributed by atoms with Crippen molar-refractivity contribution in [2.75, 3.05) is 0 Å². The molecule has 0 spiro atoms. The molecule has 0 aliphatic rings. The van der Waals surface area contributed by atoms with Gasteiger partial charge in [0, 0.05) is 12.1 Å². The number of allylic oxidation sites excluding steroid dienone is 1. The molecule has 0 amide bonds. The molecule has 5 aromatic rings. The second-order valence-electron chi connectivity index (χ2n) is 6.10. The fourth-order valence-electron chi connectivity index (χ4n) is 2.95. The maximum absolute atomic E-state index is 5.50. The predicted molar refractivity (Wildman–Crippen MR) is 108 cm³/mol. The minimum atomic E-state index is 0.523. The van der Waals surface area contributed by atoms with E-state index in [1.165, 1.54) is 18.1 Å². The predicted octanol–water partition coefficient (Wildman–Crippen LogP) is 3.98. The van der Waals surface area contributed by atoms with Crippen LogP contribution in [0.3, 0.4) is 0 Å². The standard InChI is InChI=1S/C20H15N7OS/c1-2-10-26-18(16-9-6-11-28-16)24-25-20(26)29-17-12-15(14-7-4-3-5-8-14)23-19-21-13-22-27(17)19/h2-9,11-13H,1,10H2. The molecular formula is C20H15N7OS. The SMILES string of the molecule is C=CCn1c(Sc2cc(-c3ccccc3)nc3ncnn23)nnc1-c1ccco1. The molecule has 5 rings (SSSR count). The Labute approximate surface area is 169 Å². The van der Waals surface area contributed by atoms with Gasteiger partial charge in [0.2, 0.25) is 5.82 Å². The van der Waals surface area contributed by atoms with Crippen LogP contribution in [0.4, 0.5) is 0 Å². The molecule has 0 fully saturated rings. The van der Waals surface area contributed by atoms with Gasteiger partial charge in [-0.05, 0) is 30.0 Å². The highest BCUT2D eigenvalue weighted by molar-refractivity contribution is 7.99. The molecule has 1 aromatic carbocycles. The van der Waals surface area contributed by atoms with Gasteiger partial charge in [-0.15, -0.1) is 16.8 Å². The van der Waals surface area contributed by atoms with Crippen LogP contribution in [0, 0.1) is 0 Å². The molecule has 0 unspecified atom stereocenters. The normalized spacial score (nSPS) is 11.2. The van der Waals surface area contributed by atoms with Crippen molar-refractivity contribution in [1.29, 1.82) is 0 Å². The van der Waals surface area contributed by atoms with Gasteiger partial charge >= 0.3 is 0 Å². The van der Waals surface area contributed by atoms with Gasteiger partial charge in [-0.1, -0.05) is 36.4 Å². The molecular weight excluding hydrogens is 386 g/mol. The van der Waals surface area contributed by atoms with Crippen LogP contribution in [0.2, 0.25) is 0 Å². The summed E-state index contributed by atoms with van der Waals surface area (Å²) in [7, 11) is 0. The zero-order chi connectivity index (χ0) is 19.6. The molecule has 0 aliphatic heterocycles. The average molecular weight is 401 g/mol. The lowest BCUT2D eigenvalue weighted by atomic mass is 10.1. The van der Waals surface area contributed by atoms with Gasteiger partial charge in [0.05, 0.1) is 12.0 Å². The molecule has 142 valence electrons. The van der Waals surface area contributed by atoms with E-state index in [9.17, 15) is 0 Å². The monoisotopic (exact) mass is 401 g/mol. The van der Waals surface area contributed by atoms with Gasteiger partial charge in [0.1, 0.15) is 11.4 Å². The number of furan rings is 1. The summed E-state index contributed by atoms with van der Waals surface area (Å²) in [4.78, 5) is 8.88. The van der Waals surface area contributed by atoms with Crippen LogP contribution in [0.15, 0.2) is 88.4 Å². The average Bonchev–Trinajstić information content (AvgIpc) is 3.50. The number of fused-ring (bicyclic) bond motifs is 1. The summed E-state index contributed by atoms with van der Waals surface area (Å²) < 4.78 is 9.14. The molecule has 0 saturated carbocycles. The molecule has 0 N–H and O–H groups in total. The first-order valence-corrected chi connectivity index (χ1v) is 9.67. The van der Waals surface area contributed by atoms with Crippen LogP contribution in [-0.2, 0) is 6.54 Å². The summed E-state index contributed by atoms with van der Waals surface area (Å²) in [6, 6.07) is 15.6. The van der Waals surface area contributed by atoms with E-state index in [1.54, 1.807) is 16.9 Å². The van der Waals surface area contributed by atoms with Gasteiger partial charge in [0.25, 0.3) is 5.78 Å². The number of aromatic nitrogens is 7. The summed E-state index contributed by atoms with van der Waals surface area (Å²) in [5.74, 6) is 1.82. The second-order valence-corrected chi connectivity index (χ2v) is 7.09. The van der Waals surface area contributed by atoms with Crippen LogP contribution < -0.4 is 0 Å². The Hall–Kier alpha value is -3.72. The van der Waals surface area contributed by atoms with E-state index < -0.39 is 0 Å². The number of nitrogens with zero attached hydrogens (tertiary/aromatic N) is 7. The van der Waals surface area contributed by atoms with Gasteiger partial charge < -0.3 is 4.42 Å². The Balaban J connectivity index is 1.60. The van der Waals surface area contributed by atoms with Crippen molar-refractivity contribution < 1.29 is 4.42 Å². The third-order valence-electron chi connectivity index (χ3n) is 4.25. The largest absolute Gasteiger partial charge is 0.461 e. The summed E-state index contributed by atoms with van der Waals surface area (Å²) >= 11 is 1.44. The summed E-state index contributed by atoms with van der Waals surface area (Å²) in [5.41, 5.74) is 1.82. The van der Waals surface area contributed by atoms with Crippen molar-refractivity contribution in [3.63, 3.8) is 0 Å². The van der Waals surface area contributed by atoms with E-state index in [1.807, 2.05) is 53.1 Å². The van der Waals surface area contributed by atoms with Gasteiger partial charge in [-0.2, -0.15) is 14.6 Å². The third-order valence-corrected chi connectivity index (χ3v) is 5.24. The van der Waals surface area contributed by atoms with E-state index in [4.69, 9.17) is 4.42 Å². The van der Waals surface area contributed by atoms with Crippen molar-refractivity contribution in [2.24, 2.45) is 0 Å². The Morgan fingerprint density at radius 2 is 2.00 bits per heavy atom. The Bertz CT molecular complexity index is 1280. The molecule has 0 saturated heterocycles. The molecule has 4 aromatic heterocycles. The summed E-state index contributed by atoms with van der Waals surface area (Å²) in [5, 5.41) is 14.5. The maximum atomic E-state index is 5.50. The highest BCUT2D eigenvalue weighted by atomic mass is 32.2. The van der Waals surface area contributed by atoms with Gasteiger partial charge in [0.15, 0.2) is 10.9 Å². The molecule has 8 nitrogen and oxygen atoms in total. The third kappa shape index (κ3) is 3.21. The topological polar surface area (TPSA) is 86.9 Å². The number of benzene rings is 1. The lowest BCUT2D eigenvalue weighted by Gasteiger charge is -2.08. The number of rotatable bonds is 6. The highest BCUT2D eigenvalue weighted by Gasteiger charge is 2.18. The molecule has 4 heterocycles. The van der Waals surface area contributed by atoms with Gasteiger partial charge in [-0.25, -0.2) is 4.98 Å². The van der Waals surface area contributed by atoms with Gasteiger partial charge in [-0.3, -0.25) is 4.57 Å². The van der Waals surface area contributed by atoms with E-state index in [0.29, 0.717) is 29.1 Å². The molecule has 29 heavy (non-hydrogen) atoms.